The Morgan fingerprint density at radius 2 is 2.18 bits per heavy atom. The number of nitrogens with one attached hydrogen (secondary N) is 1. The van der Waals surface area contributed by atoms with Gasteiger partial charge in [-0.2, -0.15) is 0 Å². The third-order valence-corrected chi connectivity index (χ3v) is 1.63. The van der Waals surface area contributed by atoms with E-state index >= 15 is 0 Å². The highest BCUT2D eigenvalue weighted by atomic mass is 19.1. The Morgan fingerprint density at radius 3 is 2.73 bits per heavy atom. The highest BCUT2D eigenvalue weighted by molar-refractivity contribution is 4.52. The number of aliphatic hydroxyl groups excluding tert-OH is 1. The van der Waals surface area contributed by atoms with Crippen LogP contribution in [0.1, 0.15) is 19.8 Å². The van der Waals surface area contributed by atoms with Gasteiger partial charge in [0.05, 0.1) is 0 Å². The molecular formula is C8H18FNO. The zero-order valence-corrected chi connectivity index (χ0v) is 7.15. The van der Waals surface area contributed by atoms with E-state index in [1.54, 1.807) is 0 Å². The molecule has 0 fully saturated rings. The SMILES string of the molecule is CC(CO)CCCNCCF. The molecule has 0 saturated carbocycles. The molecule has 0 heterocycles. The molecule has 1 atom stereocenters. The van der Waals surface area contributed by atoms with E-state index in [4.69, 9.17) is 5.11 Å². The van der Waals surface area contributed by atoms with Crippen molar-refractivity contribution >= 4 is 0 Å². The first-order valence-electron chi connectivity index (χ1n) is 4.18. The first kappa shape index (κ1) is 10.8. The summed E-state index contributed by atoms with van der Waals surface area (Å²) in [7, 11) is 0. The second-order valence-electron chi connectivity index (χ2n) is 2.87. The maximum atomic E-state index is 11.5. The molecule has 2 nitrogen and oxygen atoms in total. The van der Waals surface area contributed by atoms with E-state index < -0.39 is 0 Å². The first-order valence-corrected chi connectivity index (χ1v) is 4.18. The average molecular weight is 163 g/mol. The highest BCUT2D eigenvalue weighted by Crippen LogP contribution is 2.02. The van der Waals surface area contributed by atoms with Gasteiger partial charge in [0, 0.05) is 13.2 Å². The molecule has 0 saturated heterocycles. The zero-order chi connectivity index (χ0) is 8.53. The molecule has 0 aromatic rings. The van der Waals surface area contributed by atoms with E-state index in [0.29, 0.717) is 12.5 Å². The molecule has 0 spiro atoms. The van der Waals surface area contributed by atoms with Crippen molar-refractivity contribution in [3.63, 3.8) is 0 Å². The molecule has 1 unspecified atom stereocenters. The fourth-order valence-corrected chi connectivity index (χ4v) is 0.859. The number of halogens is 1. The predicted molar refractivity (Wildman–Crippen MR) is 44.3 cm³/mol. The Bertz CT molecular complexity index is 80.5. The maximum absolute atomic E-state index is 11.5. The van der Waals surface area contributed by atoms with E-state index in [2.05, 4.69) is 5.32 Å². The minimum Gasteiger partial charge on any atom is -0.396 e. The van der Waals surface area contributed by atoms with Crippen LogP contribution in [0.5, 0.6) is 0 Å². The van der Waals surface area contributed by atoms with Crippen LogP contribution in [0.4, 0.5) is 4.39 Å². The van der Waals surface area contributed by atoms with Crippen LogP contribution < -0.4 is 5.32 Å². The van der Waals surface area contributed by atoms with Gasteiger partial charge in [0.2, 0.25) is 0 Å². The van der Waals surface area contributed by atoms with Gasteiger partial charge in [-0.05, 0) is 25.3 Å². The molecule has 0 amide bonds. The van der Waals surface area contributed by atoms with Crippen molar-refractivity contribution in [3.8, 4) is 0 Å². The molecule has 0 aromatic carbocycles. The second-order valence-corrected chi connectivity index (χ2v) is 2.87. The van der Waals surface area contributed by atoms with Crippen molar-refractivity contribution in [2.45, 2.75) is 19.8 Å². The number of hydrogen-bond acceptors (Lipinski definition) is 2. The zero-order valence-electron chi connectivity index (χ0n) is 7.15. The van der Waals surface area contributed by atoms with Gasteiger partial charge in [0.25, 0.3) is 0 Å². The third kappa shape index (κ3) is 7.75. The predicted octanol–water partition coefficient (Wildman–Crippen LogP) is 0.954. The molecule has 0 aliphatic carbocycles. The Morgan fingerprint density at radius 1 is 1.45 bits per heavy atom. The van der Waals surface area contributed by atoms with Gasteiger partial charge < -0.3 is 10.4 Å². The lowest BCUT2D eigenvalue weighted by Crippen LogP contribution is -2.18. The average Bonchev–Trinajstić information content (AvgIpc) is 2.04. The van der Waals surface area contributed by atoms with Gasteiger partial charge in [-0.1, -0.05) is 6.92 Å². The lowest BCUT2D eigenvalue weighted by Gasteiger charge is -2.06. The largest absolute Gasteiger partial charge is 0.396 e. The maximum Gasteiger partial charge on any atom is 0.102 e. The Kier molecular flexibility index (Phi) is 7.84. The standard InChI is InChI=1S/C8H18FNO/c1-8(7-11)3-2-5-10-6-4-9/h8,10-11H,2-7H2,1H3. The van der Waals surface area contributed by atoms with Crippen LogP contribution in [0.2, 0.25) is 0 Å². The van der Waals surface area contributed by atoms with Crippen molar-refractivity contribution in [1.82, 2.24) is 5.32 Å². The van der Waals surface area contributed by atoms with Crippen LogP contribution >= 0.6 is 0 Å². The summed E-state index contributed by atoms with van der Waals surface area (Å²) in [6, 6.07) is 0. The van der Waals surface area contributed by atoms with Crippen molar-refractivity contribution in [2.75, 3.05) is 26.4 Å². The summed E-state index contributed by atoms with van der Waals surface area (Å²) in [4.78, 5) is 0. The summed E-state index contributed by atoms with van der Waals surface area (Å²) in [6.07, 6.45) is 2.03. The van der Waals surface area contributed by atoms with E-state index in [9.17, 15) is 4.39 Å². The summed E-state index contributed by atoms with van der Waals surface area (Å²) < 4.78 is 11.5. The molecule has 0 rings (SSSR count). The van der Waals surface area contributed by atoms with Crippen molar-refractivity contribution in [3.05, 3.63) is 0 Å². The lowest BCUT2D eigenvalue weighted by molar-refractivity contribution is 0.228. The molecule has 0 aliphatic heterocycles. The Hall–Kier alpha value is -0.150. The van der Waals surface area contributed by atoms with Crippen molar-refractivity contribution < 1.29 is 9.50 Å². The summed E-state index contributed by atoms with van der Waals surface area (Å²) >= 11 is 0. The molecule has 68 valence electrons. The molecular weight excluding hydrogens is 145 g/mol. The fourth-order valence-electron chi connectivity index (χ4n) is 0.859. The van der Waals surface area contributed by atoms with Crippen molar-refractivity contribution in [2.24, 2.45) is 5.92 Å². The molecule has 11 heavy (non-hydrogen) atoms. The number of rotatable bonds is 7. The Balaban J connectivity index is 2.89. The van der Waals surface area contributed by atoms with Gasteiger partial charge in [-0.15, -0.1) is 0 Å². The normalized spacial score (nSPS) is 13.4. The van der Waals surface area contributed by atoms with Crippen LogP contribution in [0, 0.1) is 5.92 Å². The Labute approximate surface area is 67.8 Å². The van der Waals surface area contributed by atoms with Crippen LogP contribution in [0.15, 0.2) is 0 Å². The van der Waals surface area contributed by atoms with Gasteiger partial charge in [0.1, 0.15) is 6.67 Å². The molecule has 3 heteroatoms. The number of hydrogen-bond donors (Lipinski definition) is 2. The smallest absolute Gasteiger partial charge is 0.102 e. The lowest BCUT2D eigenvalue weighted by atomic mass is 10.1. The third-order valence-electron chi connectivity index (χ3n) is 1.63. The summed E-state index contributed by atoms with van der Waals surface area (Å²) in [5, 5.41) is 11.6. The summed E-state index contributed by atoms with van der Waals surface area (Å²) in [5.41, 5.74) is 0. The molecule has 0 aromatic heterocycles. The van der Waals surface area contributed by atoms with E-state index in [1.165, 1.54) is 0 Å². The van der Waals surface area contributed by atoms with Gasteiger partial charge in [-0.3, -0.25) is 0 Å². The van der Waals surface area contributed by atoms with Crippen LogP contribution in [0.3, 0.4) is 0 Å². The van der Waals surface area contributed by atoms with Crippen LogP contribution in [-0.2, 0) is 0 Å². The quantitative estimate of drug-likeness (QED) is 0.548. The van der Waals surface area contributed by atoms with Gasteiger partial charge in [0.15, 0.2) is 0 Å². The molecule has 0 bridgehead atoms. The van der Waals surface area contributed by atoms with Gasteiger partial charge >= 0.3 is 0 Å². The number of alkyl halides is 1. The summed E-state index contributed by atoms with van der Waals surface area (Å²) in [6.45, 7) is 3.27. The fraction of sp³-hybridized carbons (Fsp3) is 1.00. The molecule has 0 radical (unpaired) electrons. The molecule has 0 aliphatic rings. The first-order chi connectivity index (χ1) is 5.31. The van der Waals surface area contributed by atoms with Crippen LogP contribution in [-0.4, -0.2) is 31.5 Å². The van der Waals surface area contributed by atoms with Crippen LogP contribution in [0.25, 0.3) is 0 Å². The minimum absolute atomic E-state index is 0.253. The number of aliphatic hydroxyl groups is 1. The molecule has 2 N–H and O–H groups in total. The van der Waals surface area contributed by atoms with Gasteiger partial charge in [-0.25, -0.2) is 4.39 Å². The second kappa shape index (κ2) is 7.95. The minimum atomic E-state index is -0.296. The topological polar surface area (TPSA) is 32.3 Å². The monoisotopic (exact) mass is 163 g/mol. The van der Waals surface area contributed by atoms with E-state index in [0.717, 1.165) is 19.4 Å². The van der Waals surface area contributed by atoms with E-state index in [-0.39, 0.29) is 13.3 Å². The summed E-state index contributed by atoms with van der Waals surface area (Å²) in [5.74, 6) is 0.377. The van der Waals surface area contributed by atoms with E-state index in [1.807, 2.05) is 6.92 Å². The van der Waals surface area contributed by atoms with Crippen molar-refractivity contribution in [1.29, 1.82) is 0 Å². The highest BCUT2D eigenvalue weighted by Gasteiger charge is 1.97.